The monoisotopic (exact) mass is 453 g/mol. The van der Waals surface area contributed by atoms with E-state index in [-0.39, 0.29) is 5.69 Å². The molecule has 0 spiro atoms. The fourth-order valence-corrected chi connectivity index (χ4v) is 2.93. The van der Waals surface area contributed by atoms with E-state index >= 15 is 0 Å². The SMILES string of the molecule is O=[N+]([O-])c1ccc(-c2cc(I)nc(I)c2)nc1. The summed E-state index contributed by atoms with van der Waals surface area (Å²) in [5, 5.41) is 10.5. The van der Waals surface area contributed by atoms with E-state index in [1.165, 1.54) is 12.3 Å². The topological polar surface area (TPSA) is 68.9 Å². The van der Waals surface area contributed by atoms with Crippen molar-refractivity contribution in [3.05, 3.63) is 48.0 Å². The van der Waals surface area contributed by atoms with Crippen LogP contribution in [0.25, 0.3) is 11.3 Å². The van der Waals surface area contributed by atoms with Gasteiger partial charge in [0.2, 0.25) is 0 Å². The zero-order chi connectivity index (χ0) is 12.4. The van der Waals surface area contributed by atoms with E-state index in [2.05, 4.69) is 55.1 Å². The van der Waals surface area contributed by atoms with Crippen molar-refractivity contribution in [1.29, 1.82) is 0 Å². The zero-order valence-corrected chi connectivity index (χ0v) is 12.6. The van der Waals surface area contributed by atoms with Gasteiger partial charge in [-0.05, 0) is 63.4 Å². The van der Waals surface area contributed by atoms with Gasteiger partial charge in [0.1, 0.15) is 13.6 Å². The highest BCUT2D eigenvalue weighted by molar-refractivity contribution is 14.1. The minimum absolute atomic E-state index is 0.00722. The fraction of sp³-hybridized carbons (Fsp3) is 0. The van der Waals surface area contributed by atoms with Gasteiger partial charge in [0.05, 0.1) is 10.6 Å². The highest BCUT2D eigenvalue weighted by Gasteiger charge is 2.07. The Balaban J connectivity index is 2.43. The van der Waals surface area contributed by atoms with Crippen LogP contribution in [0.5, 0.6) is 0 Å². The van der Waals surface area contributed by atoms with Gasteiger partial charge in [-0.3, -0.25) is 10.1 Å². The third-order valence-electron chi connectivity index (χ3n) is 2.02. The largest absolute Gasteiger partial charge is 0.287 e. The van der Waals surface area contributed by atoms with Gasteiger partial charge in [0, 0.05) is 11.6 Å². The van der Waals surface area contributed by atoms with Gasteiger partial charge in [-0.2, -0.15) is 0 Å². The van der Waals surface area contributed by atoms with Crippen LogP contribution in [-0.4, -0.2) is 14.9 Å². The molecule has 2 heterocycles. The quantitative estimate of drug-likeness (QED) is 0.303. The molecule has 0 fully saturated rings. The summed E-state index contributed by atoms with van der Waals surface area (Å²) in [6.45, 7) is 0. The lowest BCUT2D eigenvalue weighted by atomic mass is 10.2. The molecule has 0 radical (unpaired) electrons. The zero-order valence-electron chi connectivity index (χ0n) is 8.30. The molecule has 86 valence electrons. The van der Waals surface area contributed by atoms with E-state index < -0.39 is 4.92 Å². The molecule has 2 rings (SSSR count). The summed E-state index contributed by atoms with van der Waals surface area (Å²) in [5.74, 6) is 0. The van der Waals surface area contributed by atoms with Gasteiger partial charge in [-0.1, -0.05) is 0 Å². The highest BCUT2D eigenvalue weighted by Crippen LogP contribution is 2.22. The molecular formula is C10H5I2N3O2. The van der Waals surface area contributed by atoms with E-state index in [9.17, 15) is 10.1 Å². The number of hydrogen-bond acceptors (Lipinski definition) is 4. The second-order valence-electron chi connectivity index (χ2n) is 3.16. The predicted molar refractivity (Wildman–Crippen MR) is 79.6 cm³/mol. The van der Waals surface area contributed by atoms with Crippen LogP contribution < -0.4 is 0 Å². The van der Waals surface area contributed by atoms with Crippen LogP contribution in [0.4, 0.5) is 5.69 Å². The molecule has 0 aromatic carbocycles. The second-order valence-corrected chi connectivity index (χ2v) is 5.37. The number of halogens is 2. The standard InChI is InChI=1S/C10H5I2N3O2/c11-9-3-6(4-10(12)14-9)8-2-1-7(5-13-8)15(16)17/h1-5H. The maximum absolute atomic E-state index is 10.5. The first kappa shape index (κ1) is 12.6. The smallest absolute Gasteiger partial charge is 0.258 e. The Morgan fingerprint density at radius 2 is 1.82 bits per heavy atom. The Hall–Kier alpha value is -0.840. The summed E-state index contributed by atoms with van der Waals surface area (Å²) in [7, 11) is 0. The number of rotatable bonds is 2. The van der Waals surface area contributed by atoms with Gasteiger partial charge in [0.25, 0.3) is 5.69 Å². The minimum atomic E-state index is -0.461. The molecule has 2 aromatic rings. The Morgan fingerprint density at radius 1 is 1.18 bits per heavy atom. The normalized spacial score (nSPS) is 10.2. The van der Waals surface area contributed by atoms with Crippen molar-refractivity contribution in [2.45, 2.75) is 0 Å². The van der Waals surface area contributed by atoms with E-state index in [0.717, 1.165) is 13.0 Å². The average molecular weight is 453 g/mol. The number of aromatic nitrogens is 2. The summed E-state index contributed by atoms with van der Waals surface area (Å²) in [4.78, 5) is 18.4. The Bertz CT molecular complexity index is 552. The van der Waals surface area contributed by atoms with E-state index in [1.54, 1.807) is 6.07 Å². The first-order chi connectivity index (χ1) is 8.06. The summed E-state index contributed by atoms with van der Waals surface area (Å²) < 4.78 is 1.73. The highest BCUT2D eigenvalue weighted by atomic mass is 127. The van der Waals surface area contributed by atoms with E-state index in [1.807, 2.05) is 12.1 Å². The molecule has 0 N–H and O–H groups in total. The Kier molecular flexibility index (Phi) is 3.86. The van der Waals surface area contributed by atoms with Crippen LogP contribution in [0.3, 0.4) is 0 Å². The van der Waals surface area contributed by atoms with Crippen molar-refractivity contribution in [3.8, 4) is 11.3 Å². The van der Waals surface area contributed by atoms with Crippen LogP contribution in [0.2, 0.25) is 0 Å². The Morgan fingerprint density at radius 3 is 2.29 bits per heavy atom. The summed E-state index contributed by atoms with van der Waals surface area (Å²) in [5.41, 5.74) is 1.60. The molecule has 0 bridgehead atoms. The van der Waals surface area contributed by atoms with Gasteiger partial charge in [-0.25, -0.2) is 9.97 Å². The first-order valence-corrected chi connectivity index (χ1v) is 6.66. The van der Waals surface area contributed by atoms with Crippen molar-refractivity contribution in [3.63, 3.8) is 0 Å². The fourth-order valence-electron chi connectivity index (χ4n) is 1.28. The van der Waals surface area contributed by atoms with Crippen LogP contribution in [0, 0.1) is 17.5 Å². The minimum Gasteiger partial charge on any atom is -0.258 e. The van der Waals surface area contributed by atoms with Gasteiger partial charge in [0.15, 0.2) is 0 Å². The van der Waals surface area contributed by atoms with Crippen LogP contribution in [-0.2, 0) is 0 Å². The molecule has 0 aliphatic carbocycles. The second kappa shape index (κ2) is 5.21. The maximum atomic E-state index is 10.5. The lowest BCUT2D eigenvalue weighted by Gasteiger charge is -2.02. The van der Waals surface area contributed by atoms with Crippen molar-refractivity contribution in [2.24, 2.45) is 0 Å². The molecule has 2 aromatic heterocycles. The summed E-state index contributed by atoms with van der Waals surface area (Å²) in [6, 6.07) is 6.86. The lowest BCUT2D eigenvalue weighted by Crippen LogP contribution is -1.92. The van der Waals surface area contributed by atoms with E-state index in [4.69, 9.17) is 0 Å². The number of pyridine rings is 2. The third kappa shape index (κ3) is 3.09. The number of nitrogens with zero attached hydrogens (tertiary/aromatic N) is 3. The van der Waals surface area contributed by atoms with Gasteiger partial charge >= 0.3 is 0 Å². The molecule has 5 nitrogen and oxygen atoms in total. The van der Waals surface area contributed by atoms with Crippen LogP contribution in [0.1, 0.15) is 0 Å². The van der Waals surface area contributed by atoms with Crippen molar-refractivity contribution in [2.75, 3.05) is 0 Å². The van der Waals surface area contributed by atoms with Gasteiger partial charge < -0.3 is 0 Å². The maximum Gasteiger partial charge on any atom is 0.287 e. The predicted octanol–water partition coefficient (Wildman–Crippen LogP) is 3.26. The molecule has 0 saturated carbocycles. The van der Waals surface area contributed by atoms with Crippen molar-refractivity contribution >= 4 is 50.9 Å². The Labute approximate surface area is 124 Å². The molecule has 0 amide bonds. The first-order valence-electron chi connectivity index (χ1n) is 4.50. The molecular weight excluding hydrogens is 448 g/mol. The van der Waals surface area contributed by atoms with Crippen molar-refractivity contribution in [1.82, 2.24) is 9.97 Å². The molecule has 0 aliphatic rings. The molecule has 0 unspecified atom stereocenters. The summed E-state index contributed by atoms with van der Waals surface area (Å²) >= 11 is 4.25. The van der Waals surface area contributed by atoms with Gasteiger partial charge in [-0.15, -0.1) is 0 Å². The lowest BCUT2D eigenvalue weighted by molar-refractivity contribution is -0.385. The van der Waals surface area contributed by atoms with Crippen LogP contribution >= 0.6 is 45.2 Å². The number of hydrogen-bond donors (Lipinski definition) is 0. The average Bonchev–Trinajstić information content (AvgIpc) is 2.28. The molecule has 0 atom stereocenters. The molecule has 0 aliphatic heterocycles. The molecule has 17 heavy (non-hydrogen) atoms. The third-order valence-corrected chi connectivity index (χ3v) is 3.12. The van der Waals surface area contributed by atoms with Crippen molar-refractivity contribution < 1.29 is 4.92 Å². The number of nitro groups is 1. The molecule has 0 saturated heterocycles. The molecule has 7 heteroatoms. The summed E-state index contributed by atoms with van der Waals surface area (Å²) in [6.07, 6.45) is 1.26. The van der Waals surface area contributed by atoms with Crippen LogP contribution in [0.15, 0.2) is 30.5 Å². The van der Waals surface area contributed by atoms with E-state index in [0.29, 0.717) is 5.69 Å².